The van der Waals surface area contributed by atoms with Gasteiger partial charge in [-0.2, -0.15) is 0 Å². The van der Waals surface area contributed by atoms with Crippen molar-refractivity contribution in [3.05, 3.63) is 63.9 Å². The molecule has 2 N–H and O–H groups in total. The lowest BCUT2D eigenvalue weighted by Gasteiger charge is -2.14. The third-order valence-corrected chi connectivity index (χ3v) is 3.53. The average Bonchev–Trinajstić information content (AvgIpc) is 2.39. The van der Waals surface area contributed by atoms with Gasteiger partial charge in [0.15, 0.2) is 0 Å². The van der Waals surface area contributed by atoms with Crippen molar-refractivity contribution >= 4 is 21.6 Å². The fraction of sp³-hybridized carbons (Fsp3) is 0.200. The number of nitrogens with one attached hydrogen (secondary N) is 1. The summed E-state index contributed by atoms with van der Waals surface area (Å²) in [6.07, 6.45) is -0.747. The normalized spacial score (nSPS) is 12.2. The summed E-state index contributed by atoms with van der Waals surface area (Å²) in [6, 6.07) is 11.9. The summed E-state index contributed by atoms with van der Waals surface area (Å²) in [7, 11) is 0. The van der Waals surface area contributed by atoms with E-state index >= 15 is 0 Å². The van der Waals surface area contributed by atoms with Crippen LogP contribution in [0.15, 0.2) is 46.9 Å². The second-order valence-electron chi connectivity index (χ2n) is 4.44. The highest BCUT2D eigenvalue weighted by molar-refractivity contribution is 9.10. The number of aliphatic hydroxyl groups excluding tert-OH is 1. The molecule has 2 nitrogen and oxygen atoms in total. The Labute approximate surface area is 120 Å². The number of aryl methyl sites for hydroxylation is 1. The second kappa shape index (κ2) is 6.17. The van der Waals surface area contributed by atoms with E-state index in [1.165, 1.54) is 12.1 Å². The minimum absolute atomic E-state index is 0.325. The smallest absolute Gasteiger partial charge is 0.123 e. The van der Waals surface area contributed by atoms with Crippen molar-refractivity contribution < 1.29 is 9.50 Å². The summed E-state index contributed by atoms with van der Waals surface area (Å²) in [5.74, 6) is -0.340. The van der Waals surface area contributed by atoms with Crippen molar-refractivity contribution in [3.8, 4) is 0 Å². The summed E-state index contributed by atoms with van der Waals surface area (Å²) in [5.41, 5.74) is 2.61. The van der Waals surface area contributed by atoms with Crippen molar-refractivity contribution in [2.75, 3.05) is 11.9 Å². The van der Waals surface area contributed by atoms with Gasteiger partial charge in [-0.15, -0.1) is 0 Å². The van der Waals surface area contributed by atoms with E-state index in [4.69, 9.17) is 0 Å². The SMILES string of the molecule is Cc1ccc(Br)c(NCC(O)c2cccc(F)c2)c1. The Morgan fingerprint density at radius 2 is 2.05 bits per heavy atom. The van der Waals surface area contributed by atoms with Gasteiger partial charge in [-0.25, -0.2) is 4.39 Å². The third-order valence-electron chi connectivity index (χ3n) is 2.84. The van der Waals surface area contributed by atoms with Crippen LogP contribution in [0.5, 0.6) is 0 Å². The predicted octanol–water partition coefficient (Wildman–Crippen LogP) is 4.04. The molecular formula is C15H15BrFNO. The van der Waals surface area contributed by atoms with E-state index in [-0.39, 0.29) is 5.82 Å². The lowest BCUT2D eigenvalue weighted by atomic mass is 10.1. The minimum Gasteiger partial charge on any atom is -0.387 e. The van der Waals surface area contributed by atoms with Gasteiger partial charge in [-0.1, -0.05) is 18.2 Å². The summed E-state index contributed by atoms with van der Waals surface area (Å²) in [6.45, 7) is 2.33. The molecule has 0 spiro atoms. The molecule has 0 heterocycles. The first-order valence-corrected chi connectivity index (χ1v) is 6.79. The van der Waals surface area contributed by atoms with Gasteiger partial charge >= 0.3 is 0 Å². The molecule has 1 unspecified atom stereocenters. The summed E-state index contributed by atoms with van der Waals surface area (Å²) >= 11 is 3.44. The summed E-state index contributed by atoms with van der Waals surface area (Å²) < 4.78 is 14.0. The highest BCUT2D eigenvalue weighted by Gasteiger charge is 2.09. The molecule has 19 heavy (non-hydrogen) atoms. The molecule has 2 rings (SSSR count). The standard InChI is InChI=1S/C15H15BrFNO/c1-10-5-6-13(16)14(7-10)18-9-15(19)11-3-2-4-12(17)8-11/h2-8,15,18-19H,9H2,1H3. The zero-order valence-corrected chi connectivity index (χ0v) is 12.1. The largest absolute Gasteiger partial charge is 0.387 e. The van der Waals surface area contributed by atoms with Crippen LogP contribution in [0.4, 0.5) is 10.1 Å². The number of benzene rings is 2. The maximum Gasteiger partial charge on any atom is 0.123 e. The predicted molar refractivity (Wildman–Crippen MR) is 78.7 cm³/mol. The molecule has 2 aromatic rings. The molecule has 2 aromatic carbocycles. The van der Waals surface area contributed by atoms with Gasteiger partial charge in [-0.3, -0.25) is 0 Å². The van der Waals surface area contributed by atoms with E-state index in [9.17, 15) is 9.50 Å². The number of aliphatic hydroxyl groups is 1. The van der Waals surface area contributed by atoms with E-state index in [1.54, 1.807) is 12.1 Å². The molecule has 0 aromatic heterocycles. The van der Waals surface area contributed by atoms with Gasteiger partial charge in [0, 0.05) is 16.7 Å². The highest BCUT2D eigenvalue weighted by Crippen LogP contribution is 2.24. The Kier molecular flexibility index (Phi) is 4.56. The van der Waals surface area contributed by atoms with Gasteiger partial charge in [0.05, 0.1) is 6.10 Å². The first-order valence-electron chi connectivity index (χ1n) is 6.00. The molecule has 0 aliphatic heterocycles. The molecule has 0 bridgehead atoms. The molecule has 0 amide bonds. The van der Waals surface area contributed by atoms with Gasteiger partial charge in [0.25, 0.3) is 0 Å². The number of rotatable bonds is 4. The van der Waals surface area contributed by atoms with Gasteiger partial charge in [0.1, 0.15) is 5.82 Å². The molecule has 0 radical (unpaired) electrons. The Morgan fingerprint density at radius 3 is 2.79 bits per heavy atom. The van der Waals surface area contributed by atoms with Gasteiger partial charge in [0.2, 0.25) is 0 Å². The van der Waals surface area contributed by atoms with E-state index in [2.05, 4.69) is 21.2 Å². The number of anilines is 1. The van der Waals surface area contributed by atoms with Crippen molar-refractivity contribution in [3.63, 3.8) is 0 Å². The molecule has 100 valence electrons. The molecule has 1 atom stereocenters. The van der Waals surface area contributed by atoms with Crippen molar-refractivity contribution in [2.24, 2.45) is 0 Å². The molecular weight excluding hydrogens is 309 g/mol. The fourth-order valence-electron chi connectivity index (χ4n) is 1.81. The van der Waals surface area contributed by atoms with Gasteiger partial charge < -0.3 is 10.4 Å². The van der Waals surface area contributed by atoms with Crippen LogP contribution in [0, 0.1) is 12.7 Å². The average molecular weight is 324 g/mol. The Balaban J connectivity index is 2.04. The zero-order valence-electron chi connectivity index (χ0n) is 10.5. The van der Waals surface area contributed by atoms with Crippen LogP contribution < -0.4 is 5.32 Å². The first kappa shape index (κ1) is 14.0. The fourth-order valence-corrected chi connectivity index (χ4v) is 2.20. The van der Waals surface area contributed by atoms with E-state index in [0.717, 1.165) is 15.7 Å². The maximum absolute atomic E-state index is 13.1. The molecule has 0 saturated heterocycles. The highest BCUT2D eigenvalue weighted by atomic mass is 79.9. The number of hydrogen-bond acceptors (Lipinski definition) is 2. The second-order valence-corrected chi connectivity index (χ2v) is 5.29. The van der Waals surface area contributed by atoms with Crippen molar-refractivity contribution in [2.45, 2.75) is 13.0 Å². The van der Waals surface area contributed by atoms with E-state index < -0.39 is 6.10 Å². The molecule has 0 aliphatic carbocycles. The maximum atomic E-state index is 13.1. The zero-order chi connectivity index (χ0) is 13.8. The number of halogens is 2. The van der Waals surface area contributed by atoms with Crippen molar-refractivity contribution in [1.82, 2.24) is 0 Å². The Bertz CT molecular complexity index is 574. The van der Waals surface area contributed by atoms with Crippen LogP contribution in [0.3, 0.4) is 0 Å². The lowest BCUT2D eigenvalue weighted by molar-refractivity contribution is 0.191. The Hall–Kier alpha value is -1.39. The summed E-state index contributed by atoms with van der Waals surface area (Å²) in [5, 5.41) is 13.2. The van der Waals surface area contributed by atoms with Crippen LogP contribution in [-0.2, 0) is 0 Å². The van der Waals surface area contributed by atoms with Crippen LogP contribution in [-0.4, -0.2) is 11.7 Å². The molecule has 0 fully saturated rings. The summed E-state index contributed by atoms with van der Waals surface area (Å²) in [4.78, 5) is 0. The van der Waals surface area contributed by atoms with Crippen LogP contribution in [0.25, 0.3) is 0 Å². The quantitative estimate of drug-likeness (QED) is 0.889. The first-order chi connectivity index (χ1) is 9.06. The molecule has 0 saturated carbocycles. The van der Waals surface area contributed by atoms with E-state index in [0.29, 0.717) is 12.1 Å². The molecule has 0 aliphatic rings. The van der Waals surface area contributed by atoms with Crippen LogP contribution >= 0.6 is 15.9 Å². The topological polar surface area (TPSA) is 32.3 Å². The lowest BCUT2D eigenvalue weighted by Crippen LogP contribution is -2.12. The third kappa shape index (κ3) is 3.78. The van der Waals surface area contributed by atoms with E-state index in [1.807, 2.05) is 25.1 Å². The number of hydrogen-bond donors (Lipinski definition) is 2. The van der Waals surface area contributed by atoms with Crippen LogP contribution in [0.2, 0.25) is 0 Å². The van der Waals surface area contributed by atoms with Gasteiger partial charge in [-0.05, 0) is 58.2 Å². The Morgan fingerprint density at radius 1 is 1.26 bits per heavy atom. The van der Waals surface area contributed by atoms with Crippen molar-refractivity contribution in [1.29, 1.82) is 0 Å². The minimum atomic E-state index is -0.747. The monoisotopic (exact) mass is 323 g/mol. The molecule has 4 heteroatoms. The van der Waals surface area contributed by atoms with Crippen LogP contribution in [0.1, 0.15) is 17.2 Å².